The summed E-state index contributed by atoms with van der Waals surface area (Å²) in [7, 11) is 0. The van der Waals surface area contributed by atoms with Crippen molar-refractivity contribution in [1.82, 2.24) is 13.9 Å². The van der Waals surface area contributed by atoms with Gasteiger partial charge in [0, 0.05) is 43.3 Å². The molecule has 1 fully saturated rings. The van der Waals surface area contributed by atoms with Crippen LogP contribution in [-0.4, -0.2) is 61.9 Å². The lowest BCUT2D eigenvalue weighted by atomic mass is 10.00. The second kappa shape index (κ2) is 14.5. The van der Waals surface area contributed by atoms with Gasteiger partial charge in [-0.05, 0) is 65.3 Å². The molecule has 1 heterocycles. The normalized spacial score (nSPS) is 17.9. The molecule has 1 aliphatic rings. The standard InChI is InChI=1S/C21H34FN5O3S.C7H8/c1-14(2)26-10-11-27(31(26)30)21(4,5)20(29)24-13-17(23)12-15(3)19(28)25-18-8-6-16(22)7-9-18;1-7-5-3-2-4-6-7/h6-9,14-15,17H,10-13,23H2,1-5H3,(H,24,29)(H,25,28);2-6H,1H3. The first-order valence-corrected chi connectivity index (χ1v) is 14.0. The Labute approximate surface area is 228 Å². The molecule has 38 heavy (non-hydrogen) atoms. The van der Waals surface area contributed by atoms with E-state index in [9.17, 15) is 18.2 Å². The zero-order chi connectivity index (χ0) is 28.5. The third kappa shape index (κ3) is 9.27. The number of hydrogen-bond acceptors (Lipinski definition) is 4. The van der Waals surface area contributed by atoms with Gasteiger partial charge in [0.15, 0.2) is 11.2 Å². The van der Waals surface area contributed by atoms with Crippen molar-refractivity contribution >= 4 is 28.7 Å². The highest BCUT2D eigenvalue weighted by molar-refractivity contribution is 7.80. The number of amides is 2. The number of anilines is 1. The molecular weight excluding hydrogens is 505 g/mol. The minimum atomic E-state index is -1.37. The van der Waals surface area contributed by atoms with Gasteiger partial charge in [-0.25, -0.2) is 12.9 Å². The Bertz CT molecular complexity index is 1070. The maximum atomic E-state index is 13.0. The van der Waals surface area contributed by atoms with Crippen LogP contribution in [0.25, 0.3) is 0 Å². The van der Waals surface area contributed by atoms with Crippen molar-refractivity contribution in [3.8, 4) is 0 Å². The predicted octanol–water partition coefficient (Wildman–Crippen LogP) is 3.61. The lowest BCUT2D eigenvalue weighted by Gasteiger charge is -2.33. The first kappa shape index (κ1) is 31.6. The van der Waals surface area contributed by atoms with E-state index >= 15 is 0 Å². The number of carbonyl (C=O) groups is 2. The Morgan fingerprint density at radius 2 is 1.66 bits per heavy atom. The Morgan fingerprint density at radius 3 is 2.16 bits per heavy atom. The monoisotopic (exact) mass is 547 g/mol. The summed E-state index contributed by atoms with van der Waals surface area (Å²) in [5, 5.41) is 5.56. The molecule has 10 heteroatoms. The average Bonchev–Trinajstić information content (AvgIpc) is 3.27. The minimum Gasteiger partial charge on any atom is -0.353 e. The van der Waals surface area contributed by atoms with Crippen LogP contribution in [0.2, 0.25) is 0 Å². The van der Waals surface area contributed by atoms with Crippen LogP contribution >= 0.6 is 0 Å². The lowest BCUT2D eigenvalue weighted by molar-refractivity contribution is -0.128. The molecule has 2 aromatic rings. The average molecular weight is 548 g/mol. The van der Waals surface area contributed by atoms with Crippen molar-refractivity contribution in [2.75, 3.05) is 25.0 Å². The molecule has 3 atom stereocenters. The van der Waals surface area contributed by atoms with E-state index in [0.29, 0.717) is 25.2 Å². The summed E-state index contributed by atoms with van der Waals surface area (Å²) in [6, 6.07) is 15.5. The first-order chi connectivity index (χ1) is 17.8. The van der Waals surface area contributed by atoms with Crippen molar-refractivity contribution in [1.29, 1.82) is 0 Å². The fraction of sp³-hybridized carbons (Fsp3) is 0.500. The molecule has 3 rings (SSSR count). The highest BCUT2D eigenvalue weighted by atomic mass is 32.2. The van der Waals surface area contributed by atoms with Crippen LogP contribution in [0.1, 0.15) is 46.6 Å². The maximum Gasteiger partial charge on any atom is 0.241 e. The fourth-order valence-electron chi connectivity index (χ4n) is 3.92. The number of hydrogen-bond donors (Lipinski definition) is 3. The molecular formula is C28H42FN5O3S. The van der Waals surface area contributed by atoms with Crippen LogP contribution in [0.5, 0.6) is 0 Å². The van der Waals surface area contributed by atoms with E-state index in [0.717, 1.165) is 0 Å². The lowest BCUT2D eigenvalue weighted by Crippen LogP contribution is -2.56. The van der Waals surface area contributed by atoms with Gasteiger partial charge in [-0.15, -0.1) is 0 Å². The number of nitrogens with one attached hydrogen (secondary N) is 2. The van der Waals surface area contributed by atoms with Crippen molar-refractivity contribution in [2.45, 2.75) is 65.6 Å². The second-order valence-electron chi connectivity index (χ2n) is 10.4. The zero-order valence-electron chi connectivity index (χ0n) is 23.2. The van der Waals surface area contributed by atoms with E-state index in [1.807, 2.05) is 36.4 Å². The topological polar surface area (TPSA) is 108 Å². The second-order valence-corrected chi connectivity index (χ2v) is 11.8. The summed E-state index contributed by atoms with van der Waals surface area (Å²) in [6.45, 7) is 12.6. The van der Waals surface area contributed by atoms with Crippen LogP contribution < -0.4 is 16.4 Å². The summed E-state index contributed by atoms with van der Waals surface area (Å²) in [5.41, 5.74) is 7.01. The van der Waals surface area contributed by atoms with Crippen LogP contribution in [0.4, 0.5) is 10.1 Å². The van der Waals surface area contributed by atoms with Gasteiger partial charge in [0.2, 0.25) is 11.8 Å². The predicted molar refractivity (Wildman–Crippen MR) is 152 cm³/mol. The molecule has 0 radical (unpaired) electrons. The number of nitrogens with two attached hydrogens (primary N) is 1. The molecule has 1 aliphatic heterocycles. The minimum absolute atomic E-state index is 0.126. The Kier molecular flexibility index (Phi) is 12.0. The molecule has 4 N–H and O–H groups in total. The van der Waals surface area contributed by atoms with Crippen molar-refractivity contribution in [2.24, 2.45) is 11.7 Å². The van der Waals surface area contributed by atoms with Gasteiger partial charge in [-0.1, -0.05) is 42.8 Å². The van der Waals surface area contributed by atoms with Gasteiger partial charge in [-0.3, -0.25) is 9.59 Å². The third-order valence-electron chi connectivity index (χ3n) is 6.35. The van der Waals surface area contributed by atoms with E-state index in [1.165, 1.54) is 29.8 Å². The van der Waals surface area contributed by atoms with Crippen molar-refractivity contribution < 1.29 is 18.2 Å². The number of rotatable bonds is 9. The van der Waals surface area contributed by atoms with Crippen LogP contribution in [0.15, 0.2) is 54.6 Å². The maximum absolute atomic E-state index is 13.0. The molecule has 2 aromatic carbocycles. The quantitative estimate of drug-likeness (QED) is 0.446. The summed E-state index contributed by atoms with van der Waals surface area (Å²) in [5.74, 6) is -1.25. The van der Waals surface area contributed by atoms with Crippen molar-refractivity contribution in [3.05, 3.63) is 66.0 Å². The summed E-state index contributed by atoms with van der Waals surface area (Å²) in [6.07, 6.45) is 0.366. The molecule has 3 unspecified atom stereocenters. The fourth-order valence-corrected chi connectivity index (χ4v) is 5.48. The van der Waals surface area contributed by atoms with Gasteiger partial charge in [0.1, 0.15) is 11.4 Å². The zero-order valence-corrected chi connectivity index (χ0v) is 24.1. The number of aryl methyl sites for hydroxylation is 1. The number of benzene rings is 2. The smallest absolute Gasteiger partial charge is 0.241 e. The van der Waals surface area contributed by atoms with E-state index in [1.54, 1.807) is 25.1 Å². The van der Waals surface area contributed by atoms with Crippen molar-refractivity contribution in [3.63, 3.8) is 0 Å². The Hall–Kier alpha value is -2.66. The van der Waals surface area contributed by atoms with E-state index in [-0.39, 0.29) is 30.2 Å². The highest BCUT2D eigenvalue weighted by Crippen LogP contribution is 2.25. The molecule has 0 aliphatic carbocycles. The van der Waals surface area contributed by atoms with Crippen LogP contribution in [-0.2, 0) is 20.8 Å². The molecule has 0 bridgehead atoms. The number of nitrogens with zero attached hydrogens (tertiary/aromatic N) is 2. The van der Waals surface area contributed by atoms with E-state index in [2.05, 4.69) is 29.7 Å². The molecule has 2 amide bonds. The number of halogens is 1. The SMILES string of the molecule is CC(CC(N)CNC(=O)C(C)(C)N1CCN(C(C)C)S1=O)C(=O)Nc1ccc(F)cc1.Cc1ccccc1. The molecule has 0 aromatic heterocycles. The van der Waals surface area contributed by atoms with Gasteiger partial charge in [-0.2, -0.15) is 4.31 Å². The van der Waals surface area contributed by atoms with E-state index in [4.69, 9.17) is 5.73 Å². The Balaban J connectivity index is 0.000000624. The number of carbonyl (C=O) groups excluding carboxylic acids is 2. The highest BCUT2D eigenvalue weighted by Gasteiger charge is 2.44. The Morgan fingerprint density at radius 1 is 1.05 bits per heavy atom. The summed E-state index contributed by atoms with van der Waals surface area (Å²) in [4.78, 5) is 25.1. The third-order valence-corrected chi connectivity index (χ3v) is 8.37. The molecule has 8 nitrogen and oxygen atoms in total. The van der Waals surface area contributed by atoms with Gasteiger partial charge in [0.05, 0.1) is 0 Å². The van der Waals surface area contributed by atoms with E-state index < -0.39 is 28.7 Å². The summed E-state index contributed by atoms with van der Waals surface area (Å²) >= 11 is -1.37. The van der Waals surface area contributed by atoms with Gasteiger partial charge < -0.3 is 16.4 Å². The largest absolute Gasteiger partial charge is 0.353 e. The molecule has 0 saturated carbocycles. The van der Waals surface area contributed by atoms with Gasteiger partial charge >= 0.3 is 0 Å². The van der Waals surface area contributed by atoms with Gasteiger partial charge in [0.25, 0.3) is 0 Å². The molecule has 0 spiro atoms. The van der Waals surface area contributed by atoms with Crippen LogP contribution in [0, 0.1) is 18.7 Å². The van der Waals surface area contributed by atoms with Crippen LogP contribution in [0.3, 0.4) is 0 Å². The molecule has 1 saturated heterocycles. The summed E-state index contributed by atoms with van der Waals surface area (Å²) < 4.78 is 29.2. The first-order valence-electron chi connectivity index (χ1n) is 12.9. The molecule has 210 valence electrons.